The van der Waals surface area contributed by atoms with Crippen LogP contribution in [0.3, 0.4) is 0 Å². The summed E-state index contributed by atoms with van der Waals surface area (Å²) in [7, 11) is 0. The fourth-order valence-corrected chi connectivity index (χ4v) is 12.5. The summed E-state index contributed by atoms with van der Waals surface area (Å²) in [6.07, 6.45) is 32.9. The molecule has 0 bridgehead atoms. The molecule has 0 aromatic heterocycles. The average molecular weight is 911 g/mol. The lowest BCUT2D eigenvalue weighted by Gasteiger charge is -2.61. The number of carbonyl (C=O) groups excluding carboxylic acids is 5. The molecule has 9 atom stereocenters. The van der Waals surface area contributed by atoms with Crippen molar-refractivity contribution in [2.75, 3.05) is 20.0 Å². The maximum atomic E-state index is 13.1. The van der Waals surface area contributed by atoms with E-state index in [4.69, 9.17) is 23.7 Å². The third-order valence-electron chi connectivity index (χ3n) is 16.1. The monoisotopic (exact) mass is 911 g/mol. The smallest absolute Gasteiger partial charge is 0.308 e. The molecule has 4 aliphatic carbocycles. The Kier molecular flexibility index (Phi) is 24.4. The molecule has 4 aliphatic rings. The summed E-state index contributed by atoms with van der Waals surface area (Å²) >= 11 is 0. The van der Waals surface area contributed by atoms with Gasteiger partial charge in [0.05, 0.1) is 6.10 Å². The molecule has 0 N–H and O–H groups in total. The SMILES string of the molecule is CC/C=C\CCCCCCCC(=O)OCC(COC(=O)CCCCCCC/C=C\CC)OC(=O)CC(C)CC(=O)OCO[C@@H]1CC[C@@]2(C)[C@@H](CC[C@@H]3[C@@H]2CC[C@]2(C)C(C(C)=O)CC[C@@H]32)C1. The van der Waals surface area contributed by atoms with Crippen molar-refractivity contribution in [1.82, 2.24) is 0 Å². The Morgan fingerprint density at radius 2 is 1.15 bits per heavy atom. The number of ether oxygens (including phenoxy) is 5. The first-order valence-electron chi connectivity index (χ1n) is 26.4. The molecule has 0 amide bonds. The van der Waals surface area contributed by atoms with Gasteiger partial charge in [0.25, 0.3) is 0 Å². The second kappa shape index (κ2) is 29.0. The fourth-order valence-electron chi connectivity index (χ4n) is 12.5. The van der Waals surface area contributed by atoms with Gasteiger partial charge in [-0.15, -0.1) is 0 Å². The molecule has 4 saturated carbocycles. The number of unbranched alkanes of at least 4 members (excludes halogenated alkanes) is 10. The van der Waals surface area contributed by atoms with Crippen LogP contribution in [0.2, 0.25) is 0 Å². The number of esters is 4. The topological polar surface area (TPSA) is 132 Å². The summed E-state index contributed by atoms with van der Waals surface area (Å²) in [6, 6.07) is 0. The predicted octanol–water partition coefficient (Wildman–Crippen LogP) is 12.9. The van der Waals surface area contributed by atoms with Crippen LogP contribution in [0, 0.1) is 46.3 Å². The number of hydrogen-bond donors (Lipinski definition) is 0. The van der Waals surface area contributed by atoms with Crippen molar-refractivity contribution in [2.45, 2.75) is 227 Å². The highest BCUT2D eigenvalue weighted by Gasteiger charge is 2.60. The number of hydrogen-bond acceptors (Lipinski definition) is 10. The number of carbonyl (C=O) groups is 5. The number of allylic oxidation sites excluding steroid dienone is 4. The Morgan fingerprint density at radius 3 is 1.75 bits per heavy atom. The van der Waals surface area contributed by atoms with Crippen molar-refractivity contribution in [1.29, 1.82) is 0 Å². The normalized spacial score (nSPS) is 27.8. The molecule has 0 spiro atoms. The molecule has 0 radical (unpaired) electrons. The maximum Gasteiger partial charge on any atom is 0.308 e. The van der Waals surface area contributed by atoms with E-state index in [1.807, 2.05) is 0 Å². The first kappa shape index (κ1) is 54.6. The lowest BCUT2D eigenvalue weighted by Crippen LogP contribution is -2.54. The van der Waals surface area contributed by atoms with Crippen LogP contribution in [0.5, 0.6) is 0 Å². The van der Waals surface area contributed by atoms with Crippen LogP contribution in [0.25, 0.3) is 0 Å². The quantitative estimate of drug-likeness (QED) is 0.0218. The molecular formula is C55H90O10. The fraction of sp³-hybridized carbons (Fsp3) is 0.836. The molecule has 0 heterocycles. The van der Waals surface area contributed by atoms with E-state index in [2.05, 4.69) is 52.0 Å². The van der Waals surface area contributed by atoms with Crippen LogP contribution in [-0.4, -0.2) is 61.9 Å². The molecule has 4 rings (SSSR count). The Balaban J connectivity index is 1.15. The number of Topliss-reactive ketones (excluding diaryl/α,β-unsaturated/α-hetero) is 1. The molecule has 0 saturated heterocycles. The van der Waals surface area contributed by atoms with Crippen molar-refractivity contribution >= 4 is 29.7 Å². The van der Waals surface area contributed by atoms with Gasteiger partial charge in [0.15, 0.2) is 12.9 Å². The van der Waals surface area contributed by atoms with Crippen molar-refractivity contribution in [3.63, 3.8) is 0 Å². The van der Waals surface area contributed by atoms with E-state index in [9.17, 15) is 24.0 Å². The average Bonchev–Trinajstić information content (AvgIpc) is 3.63. The summed E-state index contributed by atoms with van der Waals surface area (Å²) in [5.41, 5.74) is 0.459. The minimum absolute atomic E-state index is 0.0248. The van der Waals surface area contributed by atoms with Gasteiger partial charge in [-0.05, 0) is 156 Å². The van der Waals surface area contributed by atoms with E-state index in [1.165, 1.54) is 32.1 Å². The summed E-state index contributed by atoms with van der Waals surface area (Å²) in [5, 5.41) is 0. The minimum atomic E-state index is -0.942. The van der Waals surface area contributed by atoms with E-state index in [-0.39, 0.29) is 86.4 Å². The van der Waals surface area contributed by atoms with Gasteiger partial charge in [0, 0.05) is 31.6 Å². The highest BCUT2D eigenvalue weighted by Crippen LogP contribution is 2.67. The van der Waals surface area contributed by atoms with Crippen LogP contribution in [0.4, 0.5) is 0 Å². The van der Waals surface area contributed by atoms with Crippen LogP contribution >= 0.6 is 0 Å². The maximum absolute atomic E-state index is 13.1. The Morgan fingerprint density at radius 1 is 0.600 bits per heavy atom. The number of rotatable bonds is 31. The molecule has 2 unspecified atom stereocenters. The summed E-state index contributed by atoms with van der Waals surface area (Å²) in [6.45, 7) is 12.3. The Bertz CT molecular complexity index is 1480. The molecule has 10 nitrogen and oxygen atoms in total. The van der Waals surface area contributed by atoms with E-state index in [0.29, 0.717) is 29.5 Å². The standard InChI is InChI=1S/C55H90O10/c1-7-9-11-13-15-17-19-21-23-25-50(57)61-38-45(39-62-51(58)26-24-22-20-18-16-14-12-10-8-2)65-53(60)36-41(3)35-52(59)64-40-63-44-31-33-54(5)43(37-44)27-28-46-48-30-29-47(42(4)56)55(48,6)34-32-49(46)54/h9-12,41,43-49H,7-8,13-40H2,1-6H3/b11-9-,12-10-/t41?,43-,44+,46-,47?,48-,49-,54-,55+/m0/s1. The van der Waals surface area contributed by atoms with Crippen LogP contribution in [-0.2, 0) is 47.7 Å². The van der Waals surface area contributed by atoms with Crippen LogP contribution in [0.1, 0.15) is 215 Å². The molecule has 370 valence electrons. The summed E-state index contributed by atoms with van der Waals surface area (Å²) in [5.74, 6) is 1.20. The molecule has 0 aliphatic heterocycles. The van der Waals surface area contributed by atoms with Gasteiger partial charge < -0.3 is 23.7 Å². The van der Waals surface area contributed by atoms with E-state index >= 15 is 0 Å². The first-order valence-corrected chi connectivity index (χ1v) is 26.4. The molecular weight excluding hydrogens is 821 g/mol. The second-order valence-electron chi connectivity index (χ2n) is 21.0. The van der Waals surface area contributed by atoms with Crippen LogP contribution in [0.15, 0.2) is 24.3 Å². The van der Waals surface area contributed by atoms with Crippen molar-refractivity contribution in [2.24, 2.45) is 46.3 Å². The van der Waals surface area contributed by atoms with Gasteiger partial charge in [-0.3, -0.25) is 24.0 Å². The molecule has 65 heavy (non-hydrogen) atoms. The zero-order valence-electron chi connectivity index (χ0n) is 41.7. The van der Waals surface area contributed by atoms with Crippen LogP contribution < -0.4 is 0 Å². The van der Waals surface area contributed by atoms with Gasteiger partial charge in [0.1, 0.15) is 19.0 Å². The number of fused-ring (bicyclic) bond motifs is 5. The summed E-state index contributed by atoms with van der Waals surface area (Å²) < 4.78 is 28.4. The lowest BCUT2D eigenvalue weighted by molar-refractivity contribution is -0.175. The Hall–Kier alpha value is -3.01. The minimum Gasteiger partial charge on any atom is -0.462 e. The molecule has 0 aromatic rings. The zero-order valence-corrected chi connectivity index (χ0v) is 41.7. The lowest BCUT2D eigenvalue weighted by atomic mass is 9.44. The highest BCUT2D eigenvalue weighted by molar-refractivity contribution is 5.79. The molecule has 10 heteroatoms. The first-order chi connectivity index (χ1) is 31.3. The third kappa shape index (κ3) is 17.9. The van der Waals surface area contributed by atoms with E-state index < -0.39 is 18.0 Å². The van der Waals surface area contributed by atoms with Gasteiger partial charge in [-0.25, -0.2) is 0 Å². The van der Waals surface area contributed by atoms with Gasteiger partial charge in [0.2, 0.25) is 0 Å². The van der Waals surface area contributed by atoms with Gasteiger partial charge in [-0.1, -0.05) is 97.4 Å². The predicted molar refractivity (Wildman–Crippen MR) is 255 cm³/mol. The van der Waals surface area contributed by atoms with E-state index in [1.54, 1.807) is 13.8 Å². The van der Waals surface area contributed by atoms with Crippen molar-refractivity contribution in [3.8, 4) is 0 Å². The molecule has 4 fully saturated rings. The number of ketones is 1. The molecule has 0 aromatic carbocycles. The second-order valence-corrected chi connectivity index (χ2v) is 21.0. The van der Waals surface area contributed by atoms with Crippen molar-refractivity contribution in [3.05, 3.63) is 24.3 Å². The zero-order chi connectivity index (χ0) is 47.1. The van der Waals surface area contributed by atoms with Gasteiger partial charge >= 0.3 is 23.9 Å². The largest absolute Gasteiger partial charge is 0.462 e. The highest BCUT2D eigenvalue weighted by atomic mass is 16.7. The Labute approximate surface area is 393 Å². The third-order valence-corrected chi connectivity index (χ3v) is 16.1. The van der Waals surface area contributed by atoms with Crippen molar-refractivity contribution < 1.29 is 47.7 Å². The van der Waals surface area contributed by atoms with Gasteiger partial charge in [-0.2, -0.15) is 0 Å². The van der Waals surface area contributed by atoms with E-state index in [0.717, 1.165) is 116 Å². The summed E-state index contributed by atoms with van der Waals surface area (Å²) in [4.78, 5) is 63.8.